The molecule has 0 atom stereocenters. The minimum absolute atomic E-state index is 0.0361. The fourth-order valence-corrected chi connectivity index (χ4v) is 1.70. The number of aromatic nitrogens is 2. The first-order valence-electron chi connectivity index (χ1n) is 5.51. The second kappa shape index (κ2) is 4.60. The molecule has 2 rings (SSSR count). The maximum Gasteiger partial charge on any atom is 0.339 e. The van der Waals surface area contributed by atoms with Crippen LogP contribution in [-0.4, -0.2) is 20.9 Å². The number of furan rings is 1. The van der Waals surface area contributed by atoms with Gasteiger partial charge in [0.25, 0.3) is 11.1 Å². The van der Waals surface area contributed by atoms with Gasteiger partial charge in [0.05, 0.1) is 6.26 Å². The maximum absolute atomic E-state index is 12.0. The maximum atomic E-state index is 12.0. The second-order valence-electron chi connectivity index (χ2n) is 4.14. The normalized spacial score (nSPS) is 10.6. The van der Waals surface area contributed by atoms with Crippen molar-refractivity contribution in [3.63, 3.8) is 0 Å². The van der Waals surface area contributed by atoms with Crippen molar-refractivity contribution in [2.75, 3.05) is 0 Å². The van der Waals surface area contributed by atoms with Crippen molar-refractivity contribution in [2.45, 2.75) is 20.4 Å². The van der Waals surface area contributed by atoms with E-state index in [1.165, 1.54) is 12.3 Å². The first-order chi connectivity index (χ1) is 8.91. The van der Waals surface area contributed by atoms with E-state index in [0.29, 0.717) is 11.1 Å². The molecular formula is C12H12N2O5. The summed E-state index contributed by atoms with van der Waals surface area (Å²) in [5.74, 6) is -1.04. The molecule has 0 saturated carbocycles. The quantitative estimate of drug-likeness (QED) is 0.839. The summed E-state index contributed by atoms with van der Waals surface area (Å²) in [5, 5.41) is 11.3. The minimum atomic E-state index is -1.15. The van der Waals surface area contributed by atoms with E-state index < -0.39 is 5.97 Å². The first kappa shape index (κ1) is 12.9. The Kier molecular flexibility index (Phi) is 3.12. The van der Waals surface area contributed by atoms with E-state index in [2.05, 4.69) is 5.10 Å². The molecule has 0 radical (unpaired) electrons. The number of rotatable bonds is 3. The molecule has 0 bridgehead atoms. The van der Waals surface area contributed by atoms with Gasteiger partial charge in [-0.1, -0.05) is 0 Å². The van der Waals surface area contributed by atoms with Crippen LogP contribution in [0.2, 0.25) is 0 Å². The van der Waals surface area contributed by atoms with E-state index in [4.69, 9.17) is 9.52 Å². The number of nitrogens with one attached hydrogen (secondary N) is 1. The molecule has 0 fully saturated rings. The zero-order chi connectivity index (χ0) is 14.2. The van der Waals surface area contributed by atoms with Crippen molar-refractivity contribution in [3.05, 3.63) is 55.5 Å². The van der Waals surface area contributed by atoms with Crippen LogP contribution in [0.4, 0.5) is 0 Å². The summed E-state index contributed by atoms with van der Waals surface area (Å²) in [5.41, 5.74) is -0.136. The van der Waals surface area contributed by atoms with Crippen molar-refractivity contribution in [1.29, 1.82) is 0 Å². The van der Waals surface area contributed by atoms with Crippen LogP contribution < -0.4 is 11.1 Å². The van der Waals surface area contributed by atoms with Gasteiger partial charge >= 0.3 is 5.97 Å². The van der Waals surface area contributed by atoms with E-state index in [0.717, 1.165) is 4.68 Å². The van der Waals surface area contributed by atoms with Gasteiger partial charge in [0.2, 0.25) is 0 Å². The third kappa shape index (κ3) is 2.22. The van der Waals surface area contributed by atoms with Crippen molar-refractivity contribution < 1.29 is 14.3 Å². The molecule has 19 heavy (non-hydrogen) atoms. The summed E-state index contributed by atoms with van der Waals surface area (Å²) in [6.45, 7) is 2.96. The summed E-state index contributed by atoms with van der Waals surface area (Å²) in [7, 11) is 0. The third-order valence-corrected chi connectivity index (χ3v) is 2.98. The average Bonchev–Trinajstić information content (AvgIpc) is 2.81. The predicted molar refractivity (Wildman–Crippen MR) is 65.6 cm³/mol. The molecule has 2 aromatic rings. The largest absolute Gasteiger partial charge is 0.478 e. The topological polar surface area (TPSA) is 105 Å². The highest BCUT2D eigenvalue weighted by molar-refractivity contribution is 5.88. The first-order valence-corrected chi connectivity index (χ1v) is 5.51. The Morgan fingerprint density at radius 2 is 2.05 bits per heavy atom. The van der Waals surface area contributed by atoms with E-state index in [1.54, 1.807) is 13.8 Å². The van der Waals surface area contributed by atoms with Gasteiger partial charge < -0.3 is 9.52 Å². The van der Waals surface area contributed by atoms with Crippen LogP contribution >= 0.6 is 0 Å². The second-order valence-corrected chi connectivity index (χ2v) is 4.14. The monoisotopic (exact) mass is 264 g/mol. The third-order valence-electron chi connectivity index (χ3n) is 2.98. The van der Waals surface area contributed by atoms with Gasteiger partial charge in [-0.15, -0.1) is 0 Å². The summed E-state index contributed by atoms with van der Waals surface area (Å²) in [6, 6.07) is 1.29. The lowest BCUT2D eigenvalue weighted by molar-refractivity contribution is 0.0694. The van der Waals surface area contributed by atoms with E-state index in [1.807, 2.05) is 0 Å². The zero-order valence-electron chi connectivity index (χ0n) is 10.4. The fourth-order valence-electron chi connectivity index (χ4n) is 1.70. The lowest BCUT2D eigenvalue weighted by Crippen LogP contribution is -2.33. The van der Waals surface area contributed by atoms with Crippen LogP contribution in [0, 0.1) is 13.8 Å². The fraction of sp³-hybridized carbons (Fsp3) is 0.250. The van der Waals surface area contributed by atoms with Gasteiger partial charge in [0.15, 0.2) is 0 Å². The van der Waals surface area contributed by atoms with E-state index >= 15 is 0 Å². The molecule has 0 spiro atoms. The molecule has 0 aliphatic carbocycles. The Balaban J connectivity index is 2.51. The van der Waals surface area contributed by atoms with Crippen LogP contribution in [0.15, 0.2) is 26.3 Å². The molecule has 0 aliphatic rings. The Bertz CT molecular complexity index is 750. The van der Waals surface area contributed by atoms with Gasteiger partial charge in [-0.25, -0.2) is 9.48 Å². The van der Waals surface area contributed by atoms with Crippen molar-refractivity contribution in [3.8, 4) is 0 Å². The molecule has 2 heterocycles. The summed E-state index contributed by atoms with van der Waals surface area (Å²) in [6.07, 6.45) is 1.23. The van der Waals surface area contributed by atoms with Gasteiger partial charge in [0.1, 0.15) is 17.9 Å². The van der Waals surface area contributed by atoms with Crippen molar-refractivity contribution in [1.82, 2.24) is 9.78 Å². The molecule has 2 aromatic heterocycles. The number of aromatic carboxylic acids is 1. The van der Waals surface area contributed by atoms with Crippen molar-refractivity contribution in [2.24, 2.45) is 0 Å². The number of aromatic amines is 1. The number of hydrogen-bond acceptors (Lipinski definition) is 4. The number of hydrogen-bond donors (Lipinski definition) is 2. The van der Waals surface area contributed by atoms with Crippen LogP contribution in [0.5, 0.6) is 0 Å². The number of H-pyrrole nitrogens is 1. The highest BCUT2D eigenvalue weighted by atomic mass is 16.4. The molecule has 0 aromatic carbocycles. The van der Waals surface area contributed by atoms with Crippen LogP contribution in [-0.2, 0) is 6.54 Å². The molecule has 2 N–H and O–H groups in total. The summed E-state index contributed by atoms with van der Waals surface area (Å²) in [4.78, 5) is 34.5. The number of carbonyl (C=O) groups is 1. The predicted octanol–water partition coefficient (Wildman–Crippen LogP) is 0.493. The lowest BCUT2D eigenvalue weighted by Gasteiger charge is -2.07. The Morgan fingerprint density at radius 3 is 2.68 bits per heavy atom. The number of nitrogens with zero attached hydrogens (tertiary/aromatic N) is 1. The van der Waals surface area contributed by atoms with Crippen molar-refractivity contribution >= 4 is 5.97 Å². The number of carboxylic acid groups (broad SMARTS) is 1. The molecule has 0 unspecified atom stereocenters. The Morgan fingerprint density at radius 1 is 1.37 bits per heavy atom. The van der Waals surface area contributed by atoms with Crippen LogP contribution in [0.1, 0.15) is 27.2 Å². The van der Waals surface area contributed by atoms with Gasteiger partial charge in [0, 0.05) is 11.1 Å². The van der Waals surface area contributed by atoms with Crippen LogP contribution in [0.3, 0.4) is 0 Å². The average molecular weight is 264 g/mol. The standard InChI is InChI=1S/C12H12N2O5/c1-6-7(2)11(16)14(13-10(6)15)5-9-8(12(17)18)3-4-19-9/h3-4H,5H2,1-2H3,(H,13,15)(H,17,18). The SMILES string of the molecule is Cc1c(C)c(=O)n(Cc2occc2C(=O)O)[nH]c1=O. The molecule has 7 nitrogen and oxygen atoms in total. The number of carboxylic acids is 1. The molecule has 0 saturated heterocycles. The summed E-state index contributed by atoms with van der Waals surface area (Å²) >= 11 is 0. The molecule has 100 valence electrons. The highest BCUT2D eigenvalue weighted by Crippen LogP contribution is 2.11. The molecule has 7 heteroatoms. The summed E-state index contributed by atoms with van der Waals surface area (Å²) < 4.78 is 6.07. The van der Waals surface area contributed by atoms with E-state index in [-0.39, 0.29) is 29.0 Å². The molecule has 0 aliphatic heterocycles. The zero-order valence-corrected chi connectivity index (χ0v) is 10.4. The minimum Gasteiger partial charge on any atom is -0.478 e. The molecule has 0 amide bonds. The molecular weight excluding hydrogens is 252 g/mol. The smallest absolute Gasteiger partial charge is 0.339 e. The van der Waals surface area contributed by atoms with Gasteiger partial charge in [-0.3, -0.25) is 14.7 Å². The van der Waals surface area contributed by atoms with Crippen LogP contribution in [0.25, 0.3) is 0 Å². The lowest BCUT2D eigenvalue weighted by atomic mass is 10.2. The highest BCUT2D eigenvalue weighted by Gasteiger charge is 2.15. The Hall–Kier alpha value is -2.57. The Labute approximate surface area is 107 Å². The van der Waals surface area contributed by atoms with E-state index in [9.17, 15) is 14.4 Å². The van der Waals surface area contributed by atoms with Gasteiger partial charge in [-0.05, 0) is 19.9 Å². The van der Waals surface area contributed by atoms with Gasteiger partial charge in [-0.2, -0.15) is 0 Å².